The fraction of sp³-hybridized carbons (Fsp3) is 0.214. The maximum absolute atomic E-state index is 12.2. The fourth-order valence-electron chi connectivity index (χ4n) is 1.96. The third-order valence-electron chi connectivity index (χ3n) is 2.99. The molecule has 0 atom stereocenters. The van der Waals surface area contributed by atoms with Crippen LogP contribution in [0, 0.1) is 6.92 Å². The molecule has 0 radical (unpaired) electrons. The average molecular weight is 274 g/mol. The number of rotatable bonds is 3. The van der Waals surface area contributed by atoms with Crippen molar-refractivity contribution in [2.24, 2.45) is 0 Å². The van der Waals surface area contributed by atoms with Crippen molar-refractivity contribution in [3.63, 3.8) is 0 Å². The molecule has 2 rings (SSSR count). The quantitative estimate of drug-likeness (QED) is 0.848. The number of benzene rings is 1. The molecular weight excluding hydrogens is 260 g/mol. The number of nitrogens with one attached hydrogen (secondary N) is 1. The maximum Gasteiger partial charge on any atom is 0.333 e. The molecular formula is C14H14N2O4. The second-order valence-corrected chi connectivity index (χ2v) is 4.36. The van der Waals surface area contributed by atoms with Gasteiger partial charge in [-0.15, -0.1) is 0 Å². The summed E-state index contributed by atoms with van der Waals surface area (Å²) in [5, 5.41) is 0. The number of hydrogen-bond donors (Lipinski definition) is 1. The van der Waals surface area contributed by atoms with E-state index in [0.29, 0.717) is 11.4 Å². The first-order valence-electron chi connectivity index (χ1n) is 5.96. The van der Waals surface area contributed by atoms with E-state index in [1.807, 2.05) is 0 Å². The van der Waals surface area contributed by atoms with Crippen molar-refractivity contribution in [3.8, 4) is 11.4 Å². The Morgan fingerprint density at radius 1 is 1.30 bits per heavy atom. The molecule has 0 aliphatic carbocycles. The highest BCUT2D eigenvalue weighted by molar-refractivity contribution is 5.93. The van der Waals surface area contributed by atoms with Gasteiger partial charge in [-0.3, -0.25) is 9.59 Å². The molecule has 104 valence electrons. The Morgan fingerprint density at radius 3 is 2.55 bits per heavy atom. The van der Waals surface area contributed by atoms with Crippen molar-refractivity contribution in [2.45, 2.75) is 13.8 Å². The molecule has 2 aromatic rings. The normalized spacial score (nSPS) is 10.3. The first kappa shape index (κ1) is 13.8. The first-order valence-corrected chi connectivity index (χ1v) is 5.96. The predicted molar refractivity (Wildman–Crippen MR) is 74.0 cm³/mol. The molecule has 1 aromatic heterocycles. The molecule has 20 heavy (non-hydrogen) atoms. The summed E-state index contributed by atoms with van der Waals surface area (Å²) in [5.74, 6) is 0.256. The van der Waals surface area contributed by atoms with Crippen LogP contribution < -0.4 is 16.0 Å². The number of carbonyl (C=O) groups excluding carboxylic acids is 1. The molecule has 0 aliphatic heterocycles. The summed E-state index contributed by atoms with van der Waals surface area (Å²) in [6, 6.07) is 4.91. The standard InChI is InChI=1S/C14H14N2O4/c1-8-6-10(4-5-12(8)20-3)16-13(18)11(9(2)17)7-15-14(16)19/h4-7H,1-3H3,(H,15,19). The number of Topliss-reactive ketones (excluding diaryl/α,β-unsaturated/α-hetero) is 1. The van der Waals surface area contributed by atoms with E-state index in [0.717, 1.165) is 16.3 Å². The third kappa shape index (κ3) is 2.27. The minimum absolute atomic E-state index is 0.0573. The van der Waals surface area contributed by atoms with E-state index < -0.39 is 17.0 Å². The minimum atomic E-state index is -0.634. The molecule has 0 saturated heterocycles. The van der Waals surface area contributed by atoms with Crippen molar-refractivity contribution >= 4 is 5.78 Å². The van der Waals surface area contributed by atoms with E-state index in [1.54, 1.807) is 25.1 Å². The Kier molecular flexibility index (Phi) is 3.56. The molecule has 0 fully saturated rings. The highest BCUT2D eigenvalue weighted by Crippen LogP contribution is 2.19. The summed E-state index contributed by atoms with van der Waals surface area (Å²) in [6.07, 6.45) is 1.14. The first-order chi connectivity index (χ1) is 9.45. The summed E-state index contributed by atoms with van der Waals surface area (Å²) >= 11 is 0. The molecule has 1 aromatic carbocycles. The van der Waals surface area contributed by atoms with Gasteiger partial charge in [-0.25, -0.2) is 9.36 Å². The summed E-state index contributed by atoms with van der Waals surface area (Å²) in [5.41, 5.74) is -0.115. The minimum Gasteiger partial charge on any atom is -0.496 e. The lowest BCUT2D eigenvalue weighted by Gasteiger charge is -2.09. The zero-order valence-corrected chi connectivity index (χ0v) is 11.4. The zero-order valence-electron chi connectivity index (χ0n) is 11.4. The zero-order chi connectivity index (χ0) is 14.9. The summed E-state index contributed by atoms with van der Waals surface area (Å²) in [6.45, 7) is 3.08. The number of aromatic amines is 1. The van der Waals surface area contributed by atoms with E-state index >= 15 is 0 Å². The third-order valence-corrected chi connectivity index (χ3v) is 2.99. The Balaban J connectivity index is 2.73. The molecule has 6 nitrogen and oxygen atoms in total. The van der Waals surface area contributed by atoms with Crippen molar-refractivity contribution in [1.82, 2.24) is 9.55 Å². The number of H-pyrrole nitrogens is 1. The maximum atomic E-state index is 12.2. The van der Waals surface area contributed by atoms with Crippen LogP contribution in [0.25, 0.3) is 5.69 Å². The molecule has 0 amide bonds. The molecule has 0 spiro atoms. The molecule has 1 heterocycles. The van der Waals surface area contributed by atoms with E-state index in [1.165, 1.54) is 14.0 Å². The van der Waals surface area contributed by atoms with Gasteiger partial charge in [-0.05, 0) is 37.6 Å². The van der Waals surface area contributed by atoms with Gasteiger partial charge >= 0.3 is 5.69 Å². The second kappa shape index (κ2) is 5.16. The topological polar surface area (TPSA) is 81.2 Å². The monoisotopic (exact) mass is 274 g/mol. The number of nitrogens with zero attached hydrogens (tertiary/aromatic N) is 1. The van der Waals surface area contributed by atoms with Gasteiger partial charge in [-0.1, -0.05) is 0 Å². The predicted octanol–water partition coefficient (Wildman–Crippen LogP) is 1.05. The van der Waals surface area contributed by atoms with Gasteiger partial charge in [0.2, 0.25) is 0 Å². The van der Waals surface area contributed by atoms with Crippen LogP contribution in [0.15, 0.2) is 34.0 Å². The van der Waals surface area contributed by atoms with Crippen LogP contribution in [0.2, 0.25) is 0 Å². The summed E-state index contributed by atoms with van der Waals surface area (Å²) < 4.78 is 6.06. The number of hydrogen-bond acceptors (Lipinski definition) is 4. The van der Waals surface area contributed by atoms with Gasteiger partial charge in [0.15, 0.2) is 5.78 Å². The Hall–Kier alpha value is -2.63. The highest BCUT2D eigenvalue weighted by Gasteiger charge is 2.13. The molecule has 1 N–H and O–H groups in total. The van der Waals surface area contributed by atoms with Crippen LogP contribution in [-0.4, -0.2) is 22.4 Å². The van der Waals surface area contributed by atoms with Crippen LogP contribution in [-0.2, 0) is 0 Å². The number of aromatic nitrogens is 2. The van der Waals surface area contributed by atoms with Crippen LogP contribution in [0.3, 0.4) is 0 Å². The van der Waals surface area contributed by atoms with Gasteiger partial charge in [-0.2, -0.15) is 0 Å². The number of aryl methyl sites for hydroxylation is 1. The number of ketones is 1. The summed E-state index contributed by atoms with van der Waals surface area (Å²) in [7, 11) is 1.54. The second-order valence-electron chi connectivity index (χ2n) is 4.36. The van der Waals surface area contributed by atoms with Gasteiger partial charge < -0.3 is 9.72 Å². The van der Waals surface area contributed by atoms with E-state index in [4.69, 9.17) is 4.74 Å². The van der Waals surface area contributed by atoms with Crippen LogP contribution >= 0.6 is 0 Å². The van der Waals surface area contributed by atoms with Crippen molar-refractivity contribution in [1.29, 1.82) is 0 Å². The molecule has 0 aliphatic rings. The summed E-state index contributed by atoms with van der Waals surface area (Å²) in [4.78, 5) is 37.8. The number of ether oxygens (including phenoxy) is 1. The van der Waals surface area contributed by atoms with E-state index in [2.05, 4.69) is 4.98 Å². The van der Waals surface area contributed by atoms with Gasteiger partial charge in [0.05, 0.1) is 18.4 Å². The lowest BCUT2D eigenvalue weighted by atomic mass is 10.2. The van der Waals surface area contributed by atoms with Crippen LogP contribution in [0.5, 0.6) is 5.75 Å². The van der Waals surface area contributed by atoms with Gasteiger partial charge in [0, 0.05) is 6.20 Å². The average Bonchev–Trinajstić information content (AvgIpc) is 2.38. The largest absolute Gasteiger partial charge is 0.496 e. The van der Waals surface area contributed by atoms with Crippen LogP contribution in [0.4, 0.5) is 0 Å². The van der Waals surface area contributed by atoms with E-state index in [-0.39, 0.29) is 5.56 Å². The smallest absolute Gasteiger partial charge is 0.333 e. The lowest BCUT2D eigenvalue weighted by Crippen LogP contribution is -2.36. The fourth-order valence-corrected chi connectivity index (χ4v) is 1.96. The van der Waals surface area contributed by atoms with Gasteiger partial charge in [0.1, 0.15) is 5.75 Å². The number of carbonyl (C=O) groups is 1. The SMILES string of the molecule is COc1ccc(-n2c(=O)[nH]cc(C(C)=O)c2=O)cc1C. The van der Waals surface area contributed by atoms with Gasteiger partial charge in [0.25, 0.3) is 5.56 Å². The van der Waals surface area contributed by atoms with Crippen molar-refractivity contribution in [2.75, 3.05) is 7.11 Å². The molecule has 0 unspecified atom stereocenters. The number of methoxy groups -OCH3 is 1. The van der Waals surface area contributed by atoms with Crippen molar-refractivity contribution < 1.29 is 9.53 Å². The molecule has 0 bridgehead atoms. The Bertz CT molecular complexity index is 786. The van der Waals surface area contributed by atoms with Crippen LogP contribution in [0.1, 0.15) is 22.8 Å². The highest BCUT2D eigenvalue weighted by atomic mass is 16.5. The van der Waals surface area contributed by atoms with E-state index in [9.17, 15) is 14.4 Å². The molecule has 0 saturated carbocycles. The van der Waals surface area contributed by atoms with Crippen molar-refractivity contribution in [3.05, 3.63) is 56.4 Å². The molecule has 6 heteroatoms. The lowest BCUT2D eigenvalue weighted by molar-refractivity contribution is 0.101. The Labute approximate surface area is 114 Å². The Morgan fingerprint density at radius 2 is 2.00 bits per heavy atom.